The number of phenolic OH excluding ortho intramolecular Hbond substituents is 3. The zero-order valence-corrected chi connectivity index (χ0v) is 37.3. The monoisotopic (exact) mass is 784 g/mol. The Labute approximate surface area is 340 Å². The van der Waals surface area contributed by atoms with Gasteiger partial charge in [-0.05, 0) is 122 Å². The third kappa shape index (κ3) is 10.5. The number of phenols is 3. The fraction of sp³-hybridized carbons (Fsp3) is 0.562. The van der Waals surface area contributed by atoms with Crippen molar-refractivity contribution < 1.29 is 15.3 Å². The summed E-state index contributed by atoms with van der Waals surface area (Å²) in [7, 11) is 0. The molecule has 312 valence electrons. The minimum Gasteiger partial charge on any atom is -0.507 e. The zero-order chi connectivity index (χ0) is 43.1. The Morgan fingerprint density at radius 1 is 0.421 bits per heavy atom. The number of aromatic nitrogens is 3. The molecular weight excluding hydrogens is 715 g/mol. The van der Waals surface area contributed by atoms with Crippen LogP contribution in [-0.4, -0.2) is 29.0 Å². The minimum absolute atomic E-state index is 0.116. The Balaban J connectivity index is 2.06. The van der Waals surface area contributed by atoms with Crippen LogP contribution < -0.4 is 17.1 Å². The van der Waals surface area contributed by atoms with Crippen molar-refractivity contribution in [2.45, 2.75) is 159 Å². The van der Waals surface area contributed by atoms with E-state index in [1.807, 2.05) is 98.7 Å². The predicted molar refractivity (Wildman–Crippen MR) is 233 cm³/mol. The normalized spacial score (nSPS) is 12.7. The van der Waals surface area contributed by atoms with E-state index >= 15 is 0 Å². The number of hydrogen-bond donors (Lipinski definition) is 3. The van der Waals surface area contributed by atoms with Crippen LogP contribution in [0.1, 0.15) is 154 Å². The molecule has 1 heterocycles. The van der Waals surface area contributed by atoms with E-state index in [-0.39, 0.29) is 54.6 Å². The summed E-state index contributed by atoms with van der Waals surface area (Å²) in [6.45, 7) is 30.2. The average Bonchev–Trinajstić information content (AvgIpc) is 3.05. The second-order valence-electron chi connectivity index (χ2n) is 20.6. The maximum absolute atomic E-state index is 14.6. The molecule has 0 amide bonds. The molecule has 0 bridgehead atoms. The SMILES string of the molecule is CC(C)Cc1cc(Cn2c(=O)n(Cc3cc(CC(C)C)c(O)c(C(C)(C)C)c3)c(=O)n(Cc3cc(CC(C)C)c(O)c(C(C)(C)C)c3)c2=O)cc(C(C)(C)C)c1O. The highest BCUT2D eigenvalue weighted by atomic mass is 16.3. The van der Waals surface area contributed by atoms with Gasteiger partial charge in [0, 0.05) is 0 Å². The van der Waals surface area contributed by atoms with Crippen molar-refractivity contribution in [2.24, 2.45) is 17.8 Å². The van der Waals surface area contributed by atoms with Crippen LogP contribution in [0.25, 0.3) is 0 Å². The molecule has 3 N–H and O–H groups in total. The predicted octanol–water partition coefficient (Wildman–Crippen LogP) is 8.92. The molecule has 1 aromatic heterocycles. The molecule has 3 aromatic carbocycles. The Morgan fingerprint density at radius 3 is 0.807 bits per heavy atom. The van der Waals surface area contributed by atoms with Crippen LogP contribution in [0, 0.1) is 17.8 Å². The summed E-state index contributed by atoms with van der Waals surface area (Å²) in [5.74, 6) is 1.38. The highest BCUT2D eigenvalue weighted by Crippen LogP contribution is 2.38. The number of nitrogens with zero attached hydrogens (tertiary/aromatic N) is 3. The molecular formula is C48H69N3O6. The quantitative estimate of drug-likeness (QED) is 0.132. The maximum atomic E-state index is 14.6. The largest absolute Gasteiger partial charge is 0.507 e. The molecule has 0 spiro atoms. The van der Waals surface area contributed by atoms with E-state index in [2.05, 4.69) is 41.5 Å². The first-order chi connectivity index (χ1) is 26.1. The molecule has 0 radical (unpaired) electrons. The Hall–Kier alpha value is -4.53. The van der Waals surface area contributed by atoms with Crippen molar-refractivity contribution in [2.75, 3.05) is 0 Å². The summed E-state index contributed by atoms with van der Waals surface area (Å²) in [5, 5.41) is 34.1. The molecule has 0 aliphatic carbocycles. The first kappa shape index (κ1) is 45.2. The van der Waals surface area contributed by atoms with Crippen LogP contribution in [0.4, 0.5) is 0 Å². The van der Waals surface area contributed by atoms with Crippen LogP contribution in [0.15, 0.2) is 50.8 Å². The third-order valence-corrected chi connectivity index (χ3v) is 10.5. The molecule has 57 heavy (non-hydrogen) atoms. The summed E-state index contributed by atoms with van der Waals surface area (Å²) >= 11 is 0. The van der Waals surface area contributed by atoms with Crippen LogP contribution >= 0.6 is 0 Å². The van der Waals surface area contributed by atoms with Crippen molar-refractivity contribution in [1.82, 2.24) is 13.7 Å². The van der Waals surface area contributed by atoms with E-state index in [4.69, 9.17) is 0 Å². The fourth-order valence-corrected chi connectivity index (χ4v) is 7.69. The van der Waals surface area contributed by atoms with Crippen molar-refractivity contribution in [1.29, 1.82) is 0 Å². The van der Waals surface area contributed by atoms with Crippen molar-refractivity contribution in [3.63, 3.8) is 0 Å². The summed E-state index contributed by atoms with van der Waals surface area (Å²) in [5.41, 5.74) is 2.86. The number of aromatic hydroxyl groups is 3. The molecule has 0 saturated carbocycles. The molecule has 4 rings (SSSR count). The summed E-state index contributed by atoms with van der Waals surface area (Å²) in [6, 6.07) is 11.1. The van der Waals surface area contributed by atoms with Gasteiger partial charge in [-0.1, -0.05) is 122 Å². The van der Waals surface area contributed by atoms with Gasteiger partial charge < -0.3 is 15.3 Å². The topological polar surface area (TPSA) is 127 Å². The first-order valence-electron chi connectivity index (χ1n) is 20.6. The van der Waals surface area contributed by atoms with E-state index in [1.165, 1.54) is 0 Å². The van der Waals surface area contributed by atoms with Crippen LogP contribution in [0.2, 0.25) is 0 Å². The fourth-order valence-electron chi connectivity index (χ4n) is 7.69. The Bertz CT molecular complexity index is 2000. The van der Waals surface area contributed by atoms with Crippen molar-refractivity contribution in [3.8, 4) is 17.2 Å². The van der Waals surface area contributed by atoms with Gasteiger partial charge in [-0.25, -0.2) is 28.1 Å². The second kappa shape index (κ2) is 16.8. The van der Waals surface area contributed by atoms with Crippen LogP contribution in [-0.2, 0) is 55.1 Å². The van der Waals surface area contributed by atoms with E-state index in [9.17, 15) is 29.7 Å². The molecule has 0 saturated heterocycles. The lowest BCUT2D eigenvalue weighted by Crippen LogP contribution is -2.54. The van der Waals surface area contributed by atoms with Crippen molar-refractivity contribution in [3.05, 3.63) is 118 Å². The van der Waals surface area contributed by atoms with Gasteiger partial charge in [0.2, 0.25) is 0 Å². The first-order valence-corrected chi connectivity index (χ1v) is 20.6. The van der Waals surface area contributed by atoms with Crippen molar-refractivity contribution >= 4 is 0 Å². The number of rotatable bonds is 12. The van der Waals surface area contributed by atoms with Gasteiger partial charge in [0.05, 0.1) is 19.6 Å². The molecule has 0 aliphatic rings. The molecule has 0 aliphatic heterocycles. The van der Waals surface area contributed by atoms with Crippen LogP contribution in [0.3, 0.4) is 0 Å². The van der Waals surface area contributed by atoms with Gasteiger partial charge in [0.25, 0.3) is 0 Å². The highest BCUT2D eigenvalue weighted by molar-refractivity contribution is 5.49. The van der Waals surface area contributed by atoms with E-state index in [0.29, 0.717) is 52.6 Å². The van der Waals surface area contributed by atoms with E-state index in [0.717, 1.165) is 30.4 Å². The number of benzene rings is 3. The summed E-state index contributed by atoms with van der Waals surface area (Å²) < 4.78 is 3.37. The minimum atomic E-state index is -0.741. The lowest BCUT2D eigenvalue weighted by molar-refractivity contribution is 0.434. The lowest BCUT2D eigenvalue weighted by atomic mass is 9.83. The van der Waals surface area contributed by atoms with Crippen LogP contribution in [0.5, 0.6) is 17.2 Å². The average molecular weight is 784 g/mol. The molecule has 0 atom stereocenters. The zero-order valence-electron chi connectivity index (χ0n) is 37.3. The summed E-state index contributed by atoms with van der Waals surface area (Å²) in [6.07, 6.45) is 1.81. The molecule has 9 nitrogen and oxygen atoms in total. The highest BCUT2D eigenvalue weighted by Gasteiger charge is 2.27. The van der Waals surface area contributed by atoms with Gasteiger partial charge >= 0.3 is 17.1 Å². The van der Waals surface area contributed by atoms with Gasteiger partial charge in [-0.15, -0.1) is 0 Å². The van der Waals surface area contributed by atoms with Gasteiger partial charge in [0.1, 0.15) is 17.2 Å². The standard InChI is InChI=1S/C48H69N3O6/c1-28(2)16-34-19-31(22-37(40(34)52)46(7,8)9)25-49-43(55)50(26-32-20-35(17-29(3)4)41(53)38(23-32)47(10,11)12)45(57)51(44(49)56)27-33-21-36(18-30(5)6)42(54)39(24-33)48(13,14)15/h19-24,28-30,52-54H,16-18,25-27H2,1-15H3. The lowest BCUT2D eigenvalue weighted by Gasteiger charge is -2.25. The van der Waals surface area contributed by atoms with E-state index in [1.54, 1.807) is 0 Å². The van der Waals surface area contributed by atoms with Gasteiger partial charge in [-0.2, -0.15) is 0 Å². The van der Waals surface area contributed by atoms with Gasteiger partial charge in [0.15, 0.2) is 0 Å². The maximum Gasteiger partial charge on any atom is 0.336 e. The molecule has 0 unspecified atom stereocenters. The third-order valence-electron chi connectivity index (χ3n) is 10.5. The van der Waals surface area contributed by atoms with Gasteiger partial charge in [-0.3, -0.25) is 0 Å². The summed E-state index contributed by atoms with van der Waals surface area (Å²) in [4.78, 5) is 43.9. The molecule has 9 heteroatoms. The smallest absolute Gasteiger partial charge is 0.336 e. The second-order valence-corrected chi connectivity index (χ2v) is 20.6. The van der Waals surface area contributed by atoms with E-state index < -0.39 is 33.3 Å². The molecule has 0 fully saturated rings. The molecule has 4 aromatic rings. The Kier molecular flexibility index (Phi) is 13.3. The number of hydrogen-bond acceptors (Lipinski definition) is 6. The Morgan fingerprint density at radius 2 is 0.632 bits per heavy atom.